The van der Waals surface area contributed by atoms with Gasteiger partial charge in [-0.3, -0.25) is 4.79 Å². The van der Waals surface area contributed by atoms with E-state index in [1.807, 2.05) is 30.3 Å². The van der Waals surface area contributed by atoms with E-state index >= 15 is 0 Å². The summed E-state index contributed by atoms with van der Waals surface area (Å²) >= 11 is 0. The van der Waals surface area contributed by atoms with Crippen LogP contribution >= 0.6 is 0 Å². The predicted octanol–water partition coefficient (Wildman–Crippen LogP) is 4.10. The second kappa shape index (κ2) is 9.41. The van der Waals surface area contributed by atoms with Crippen molar-refractivity contribution < 1.29 is 23.8 Å². The number of methoxy groups -OCH3 is 2. The number of aryl methyl sites for hydroxylation is 2. The maximum absolute atomic E-state index is 12.9. The number of esters is 1. The first-order chi connectivity index (χ1) is 15.1. The molecule has 2 aliphatic rings. The van der Waals surface area contributed by atoms with Gasteiger partial charge in [0.1, 0.15) is 11.5 Å². The van der Waals surface area contributed by atoms with Crippen LogP contribution in [0.15, 0.2) is 36.4 Å². The topological polar surface area (TPSA) is 65.1 Å². The van der Waals surface area contributed by atoms with Gasteiger partial charge in [-0.15, -0.1) is 0 Å². The molecule has 0 radical (unpaired) electrons. The number of hydrogen-bond donors (Lipinski definition) is 0. The number of rotatable bonds is 6. The number of nitrogens with zero attached hydrogens (tertiary/aromatic N) is 1. The summed E-state index contributed by atoms with van der Waals surface area (Å²) < 4.78 is 16.2. The lowest BCUT2D eigenvalue weighted by molar-refractivity contribution is -0.135. The Balaban J connectivity index is 1.43. The molecule has 4 rings (SSSR count). The average Bonchev–Trinajstić information content (AvgIpc) is 3.31. The van der Waals surface area contributed by atoms with Gasteiger partial charge >= 0.3 is 5.97 Å². The molecule has 0 N–H and O–H groups in total. The molecular formula is C25H29NO5. The summed E-state index contributed by atoms with van der Waals surface area (Å²) in [5.41, 5.74) is 3.96. The second-order valence-electron chi connectivity index (χ2n) is 8.12. The van der Waals surface area contributed by atoms with Crippen LogP contribution in [-0.2, 0) is 22.4 Å². The molecule has 6 heteroatoms. The third-order valence-corrected chi connectivity index (χ3v) is 6.28. The number of fused-ring (bicyclic) bond motifs is 1. The van der Waals surface area contributed by atoms with Crippen LogP contribution < -0.4 is 9.47 Å². The number of amides is 1. The van der Waals surface area contributed by atoms with E-state index in [0.29, 0.717) is 17.9 Å². The van der Waals surface area contributed by atoms with Crippen molar-refractivity contribution >= 4 is 11.9 Å². The van der Waals surface area contributed by atoms with Crippen LogP contribution in [0, 0.1) is 0 Å². The van der Waals surface area contributed by atoms with E-state index in [-0.39, 0.29) is 18.6 Å². The standard InChI is InChI=1S/C25H29NO5/c1-29-20-11-12-23(30-2)21(15-20)22-8-5-13-26(22)24(27)16-31-25(28)19-10-9-17-6-3-4-7-18(17)14-19/h9-12,14-15,22H,3-8,13,16H2,1-2H3/t22-/m1/s1. The smallest absolute Gasteiger partial charge is 0.338 e. The predicted molar refractivity (Wildman–Crippen MR) is 117 cm³/mol. The molecule has 0 saturated carbocycles. The minimum atomic E-state index is -0.448. The molecule has 6 nitrogen and oxygen atoms in total. The first kappa shape index (κ1) is 21.2. The maximum atomic E-state index is 12.9. The molecule has 1 aliphatic carbocycles. The van der Waals surface area contributed by atoms with E-state index in [1.54, 1.807) is 25.2 Å². The van der Waals surface area contributed by atoms with Crippen LogP contribution in [0.1, 0.15) is 58.8 Å². The van der Waals surface area contributed by atoms with Crippen molar-refractivity contribution in [3.05, 3.63) is 58.7 Å². The Morgan fingerprint density at radius 3 is 2.55 bits per heavy atom. The lowest BCUT2D eigenvalue weighted by atomic mass is 9.90. The highest BCUT2D eigenvalue weighted by Crippen LogP contribution is 2.39. The summed E-state index contributed by atoms with van der Waals surface area (Å²) in [6.45, 7) is 0.360. The van der Waals surface area contributed by atoms with E-state index < -0.39 is 5.97 Å². The van der Waals surface area contributed by atoms with Gasteiger partial charge in [-0.25, -0.2) is 4.79 Å². The lowest BCUT2D eigenvalue weighted by Crippen LogP contribution is -2.34. The van der Waals surface area contributed by atoms with E-state index in [0.717, 1.165) is 43.4 Å². The fraction of sp³-hybridized carbons (Fsp3) is 0.440. The Morgan fingerprint density at radius 2 is 1.77 bits per heavy atom. The average molecular weight is 424 g/mol. The molecule has 0 bridgehead atoms. The quantitative estimate of drug-likeness (QED) is 0.655. The van der Waals surface area contributed by atoms with E-state index in [4.69, 9.17) is 14.2 Å². The highest BCUT2D eigenvalue weighted by atomic mass is 16.5. The lowest BCUT2D eigenvalue weighted by Gasteiger charge is -2.26. The zero-order valence-electron chi connectivity index (χ0n) is 18.2. The normalized spacial score (nSPS) is 17.7. The third-order valence-electron chi connectivity index (χ3n) is 6.28. The number of carbonyl (C=O) groups excluding carboxylic acids is 2. The van der Waals surface area contributed by atoms with Crippen LogP contribution in [0.5, 0.6) is 11.5 Å². The molecule has 31 heavy (non-hydrogen) atoms. The van der Waals surface area contributed by atoms with Crippen LogP contribution in [-0.4, -0.2) is 44.1 Å². The van der Waals surface area contributed by atoms with Gasteiger partial charge in [-0.1, -0.05) is 6.07 Å². The van der Waals surface area contributed by atoms with Crippen LogP contribution in [0.25, 0.3) is 0 Å². The molecule has 1 atom stereocenters. The Hall–Kier alpha value is -3.02. The fourth-order valence-electron chi connectivity index (χ4n) is 4.64. The van der Waals surface area contributed by atoms with Gasteiger partial charge in [0.25, 0.3) is 5.91 Å². The highest BCUT2D eigenvalue weighted by Gasteiger charge is 2.32. The minimum absolute atomic E-state index is 0.125. The Bertz CT molecular complexity index is 970. The molecule has 1 saturated heterocycles. The van der Waals surface area contributed by atoms with Crippen molar-refractivity contribution in [3.63, 3.8) is 0 Å². The number of likely N-dealkylation sites (tertiary alicyclic amines) is 1. The van der Waals surface area contributed by atoms with Crippen LogP contribution in [0.3, 0.4) is 0 Å². The SMILES string of the molecule is COc1ccc(OC)c([C@H]2CCCN2C(=O)COC(=O)c2ccc3c(c2)CCCC3)c1. The largest absolute Gasteiger partial charge is 0.497 e. The van der Waals surface area contributed by atoms with Crippen LogP contribution in [0.2, 0.25) is 0 Å². The molecule has 0 aromatic heterocycles. The third kappa shape index (κ3) is 4.53. The molecule has 164 valence electrons. The van der Waals surface area contributed by atoms with Gasteiger partial charge in [0, 0.05) is 12.1 Å². The number of carbonyl (C=O) groups is 2. The molecular weight excluding hydrogens is 394 g/mol. The van der Waals surface area contributed by atoms with Gasteiger partial charge in [-0.2, -0.15) is 0 Å². The van der Waals surface area contributed by atoms with Crippen LogP contribution in [0.4, 0.5) is 0 Å². The maximum Gasteiger partial charge on any atom is 0.338 e. The first-order valence-electron chi connectivity index (χ1n) is 10.9. The van der Waals surface area contributed by atoms with E-state index in [9.17, 15) is 9.59 Å². The Labute approximate surface area is 183 Å². The summed E-state index contributed by atoms with van der Waals surface area (Å²) in [6.07, 6.45) is 6.11. The second-order valence-corrected chi connectivity index (χ2v) is 8.12. The molecule has 2 aromatic carbocycles. The molecule has 1 aliphatic heterocycles. The van der Waals surface area contributed by atoms with Crippen molar-refractivity contribution in [2.75, 3.05) is 27.4 Å². The van der Waals surface area contributed by atoms with E-state index in [2.05, 4.69) is 0 Å². The van der Waals surface area contributed by atoms with Gasteiger partial charge in [0.2, 0.25) is 0 Å². The number of ether oxygens (including phenoxy) is 3. The van der Waals surface area contributed by atoms with Crippen molar-refractivity contribution in [3.8, 4) is 11.5 Å². The zero-order chi connectivity index (χ0) is 21.8. The van der Waals surface area contributed by atoms with Crippen molar-refractivity contribution in [1.82, 2.24) is 4.90 Å². The minimum Gasteiger partial charge on any atom is -0.497 e. The molecule has 1 amide bonds. The molecule has 1 heterocycles. The van der Waals surface area contributed by atoms with Gasteiger partial charge in [0.15, 0.2) is 6.61 Å². The summed E-state index contributed by atoms with van der Waals surface area (Å²) in [6, 6.07) is 11.2. The molecule has 1 fully saturated rings. The monoisotopic (exact) mass is 423 g/mol. The van der Waals surface area contributed by atoms with Gasteiger partial charge < -0.3 is 19.1 Å². The summed E-state index contributed by atoms with van der Waals surface area (Å²) in [5.74, 6) is 0.792. The van der Waals surface area contributed by atoms with Gasteiger partial charge in [-0.05, 0) is 80.0 Å². The van der Waals surface area contributed by atoms with Gasteiger partial charge in [0.05, 0.1) is 25.8 Å². The Kier molecular flexibility index (Phi) is 6.44. The molecule has 0 unspecified atom stereocenters. The first-order valence-corrected chi connectivity index (χ1v) is 10.9. The van der Waals surface area contributed by atoms with Crippen molar-refractivity contribution in [2.45, 2.75) is 44.6 Å². The Morgan fingerprint density at radius 1 is 0.968 bits per heavy atom. The summed E-state index contributed by atoms with van der Waals surface area (Å²) in [4.78, 5) is 27.3. The summed E-state index contributed by atoms with van der Waals surface area (Å²) in [7, 11) is 3.23. The van der Waals surface area contributed by atoms with E-state index in [1.165, 1.54) is 17.5 Å². The number of benzene rings is 2. The molecule has 2 aromatic rings. The van der Waals surface area contributed by atoms with Crippen molar-refractivity contribution in [2.24, 2.45) is 0 Å². The number of hydrogen-bond acceptors (Lipinski definition) is 5. The highest BCUT2D eigenvalue weighted by molar-refractivity contribution is 5.91. The summed E-state index contributed by atoms with van der Waals surface area (Å²) in [5, 5.41) is 0. The van der Waals surface area contributed by atoms with Crippen molar-refractivity contribution in [1.29, 1.82) is 0 Å². The molecule has 0 spiro atoms. The fourth-order valence-corrected chi connectivity index (χ4v) is 4.64. The zero-order valence-corrected chi connectivity index (χ0v) is 18.2.